The van der Waals surface area contributed by atoms with Crippen molar-refractivity contribution in [3.05, 3.63) is 72.8 Å². The van der Waals surface area contributed by atoms with E-state index in [2.05, 4.69) is 67.9 Å². The number of rotatable bonds is 5. The van der Waals surface area contributed by atoms with Crippen LogP contribution in [0.25, 0.3) is 22.2 Å². The molecule has 1 saturated heterocycles. The summed E-state index contributed by atoms with van der Waals surface area (Å²) in [4.78, 5) is 7.09. The number of benzene rings is 1. The zero-order chi connectivity index (χ0) is 22.0. The van der Waals surface area contributed by atoms with Crippen LogP contribution >= 0.6 is 0 Å². The lowest BCUT2D eigenvalue weighted by molar-refractivity contribution is 0.00507. The second-order valence-electron chi connectivity index (χ2n) is 9.33. The van der Waals surface area contributed by atoms with Crippen molar-refractivity contribution in [3.8, 4) is 11.3 Å². The van der Waals surface area contributed by atoms with Crippen LogP contribution in [0.2, 0.25) is 0 Å². The Bertz CT molecular complexity index is 1200. The van der Waals surface area contributed by atoms with E-state index in [4.69, 9.17) is 9.84 Å². The van der Waals surface area contributed by atoms with Crippen molar-refractivity contribution in [1.82, 2.24) is 24.2 Å². The number of pyridine rings is 1. The maximum atomic E-state index is 5.52. The summed E-state index contributed by atoms with van der Waals surface area (Å²) in [5.41, 5.74) is 4.54. The molecule has 1 aromatic carbocycles. The first-order chi connectivity index (χ1) is 16.3. The van der Waals surface area contributed by atoms with Gasteiger partial charge in [-0.3, -0.25) is 14.6 Å². The van der Waals surface area contributed by atoms with Gasteiger partial charge in [0.15, 0.2) is 0 Å². The standard InChI is InChI=1S/C27H31N5O/c1-2-12-28-23(3-1)20-31-13-10-22-19-21(4-9-27(22)31)26-11-14-32(29-26)25-7-5-24(6-8-25)30-15-17-33-18-16-30/h1-4,9-14,19,24-25H,5-8,15-18,20H2. The molecule has 0 radical (unpaired) electrons. The highest BCUT2D eigenvalue weighted by atomic mass is 16.5. The highest BCUT2D eigenvalue weighted by molar-refractivity contribution is 5.85. The zero-order valence-electron chi connectivity index (χ0n) is 19.0. The van der Waals surface area contributed by atoms with Crippen LogP contribution in [0.5, 0.6) is 0 Å². The molecule has 0 bridgehead atoms. The van der Waals surface area contributed by atoms with Crippen LogP contribution < -0.4 is 0 Å². The molecule has 1 aliphatic heterocycles. The van der Waals surface area contributed by atoms with Crippen molar-refractivity contribution in [3.63, 3.8) is 0 Å². The van der Waals surface area contributed by atoms with Gasteiger partial charge in [0.2, 0.25) is 0 Å². The smallest absolute Gasteiger partial charge is 0.0923 e. The van der Waals surface area contributed by atoms with E-state index in [1.54, 1.807) is 0 Å². The molecule has 0 spiro atoms. The number of aromatic nitrogens is 4. The molecule has 0 N–H and O–H groups in total. The van der Waals surface area contributed by atoms with Crippen molar-refractivity contribution < 1.29 is 4.74 Å². The molecule has 1 aliphatic carbocycles. The molecule has 6 rings (SSSR count). The van der Waals surface area contributed by atoms with E-state index in [9.17, 15) is 0 Å². The minimum atomic E-state index is 0.513. The molecule has 6 nitrogen and oxygen atoms in total. The third kappa shape index (κ3) is 4.33. The van der Waals surface area contributed by atoms with E-state index in [-0.39, 0.29) is 0 Å². The molecule has 0 amide bonds. The fourth-order valence-corrected chi connectivity index (χ4v) is 5.49. The number of nitrogens with zero attached hydrogens (tertiary/aromatic N) is 5. The third-order valence-corrected chi connectivity index (χ3v) is 7.34. The van der Waals surface area contributed by atoms with Crippen LogP contribution in [0, 0.1) is 0 Å². The van der Waals surface area contributed by atoms with Crippen molar-refractivity contribution in [1.29, 1.82) is 0 Å². The summed E-state index contributed by atoms with van der Waals surface area (Å²) in [6.45, 7) is 4.74. The van der Waals surface area contributed by atoms with Gasteiger partial charge in [-0.1, -0.05) is 12.1 Å². The predicted octanol–water partition coefficient (Wildman–Crippen LogP) is 4.76. The van der Waals surface area contributed by atoms with Gasteiger partial charge in [0.25, 0.3) is 0 Å². The highest BCUT2D eigenvalue weighted by Gasteiger charge is 2.28. The van der Waals surface area contributed by atoms with E-state index < -0.39 is 0 Å². The van der Waals surface area contributed by atoms with Crippen molar-refractivity contribution in [2.75, 3.05) is 26.3 Å². The minimum absolute atomic E-state index is 0.513. The highest BCUT2D eigenvalue weighted by Crippen LogP contribution is 2.32. The van der Waals surface area contributed by atoms with Gasteiger partial charge in [-0.2, -0.15) is 5.10 Å². The summed E-state index contributed by atoms with van der Waals surface area (Å²) in [6.07, 6.45) is 11.1. The average Bonchev–Trinajstić information content (AvgIpc) is 3.53. The Labute approximate surface area is 194 Å². The van der Waals surface area contributed by atoms with Crippen LogP contribution in [0.15, 0.2) is 67.1 Å². The second-order valence-corrected chi connectivity index (χ2v) is 9.33. The van der Waals surface area contributed by atoms with Gasteiger partial charge in [0.05, 0.1) is 37.2 Å². The molecule has 4 aromatic rings. The molecule has 0 unspecified atom stereocenters. The topological polar surface area (TPSA) is 48.1 Å². The van der Waals surface area contributed by atoms with Crippen LogP contribution in [0.1, 0.15) is 37.4 Å². The molecular weight excluding hydrogens is 410 g/mol. The molecule has 2 aliphatic rings. The summed E-state index contributed by atoms with van der Waals surface area (Å²) in [7, 11) is 0. The molecule has 2 fully saturated rings. The van der Waals surface area contributed by atoms with Gasteiger partial charge in [0, 0.05) is 54.2 Å². The maximum absolute atomic E-state index is 5.52. The largest absolute Gasteiger partial charge is 0.379 e. The van der Waals surface area contributed by atoms with Gasteiger partial charge >= 0.3 is 0 Å². The minimum Gasteiger partial charge on any atom is -0.379 e. The van der Waals surface area contributed by atoms with E-state index in [0.717, 1.165) is 50.3 Å². The fraction of sp³-hybridized carbons (Fsp3) is 0.407. The number of hydrogen-bond acceptors (Lipinski definition) is 4. The van der Waals surface area contributed by atoms with Gasteiger partial charge in [-0.25, -0.2) is 0 Å². The monoisotopic (exact) mass is 441 g/mol. The molecule has 4 heterocycles. The Morgan fingerprint density at radius 1 is 0.879 bits per heavy atom. The molecule has 33 heavy (non-hydrogen) atoms. The molecule has 170 valence electrons. The van der Waals surface area contributed by atoms with Gasteiger partial charge in [-0.05, 0) is 62.1 Å². The molecule has 1 saturated carbocycles. The number of morpholine rings is 1. The Balaban J connectivity index is 1.14. The average molecular weight is 442 g/mol. The van der Waals surface area contributed by atoms with Gasteiger partial charge in [0.1, 0.15) is 0 Å². The Hall–Kier alpha value is -2.96. The molecular formula is C27H31N5O. The SMILES string of the molecule is c1ccc(Cn2ccc3cc(-c4ccn(C5CCC(N6CCOCC6)CC5)n4)ccc32)nc1. The van der Waals surface area contributed by atoms with E-state index >= 15 is 0 Å². The maximum Gasteiger partial charge on any atom is 0.0923 e. The zero-order valence-corrected chi connectivity index (χ0v) is 19.0. The van der Waals surface area contributed by atoms with Crippen LogP contribution in [0.4, 0.5) is 0 Å². The predicted molar refractivity (Wildman–Crippen MR) is 130 cm³/mol. The quantitative estimate of drug-likeness (QED) is 0.448. The summed E-state index contributed by atoms with van der Waals surface area (Å²) < 4.78 is 9.99. The van der Waals surface area contributed by atoms with E-state index in [0.29, 0.717) is 6.04 Å². The first kappa shape index (κ1) is 20.6. The molecule has 6 heteroatoms. The Kier molecular flexibility index (Phi) is 5.70. The lowest BCUT2D eigenvalue weighted by atomic mass is 9.90. The van der Waals surface area contributed by atoms with Crippen LogP contribution in [-0.4, -0.2) is 56.6 Å². The summed E-state index contributed by atoms with van der Waals surface area (Å²) in [6, 6.07) is 18.3. The van der Waals surface area contributed by atoms with Gasteiger partial charge < -0.3 is 9.30 Å². The third-order valence-electron chi connectivity index (χ3n) is 7.34. The normalized spacial score (nSPS) is 22.1. The number of hydrogen-bond donors (Lipinski definition) is 0. The first-order valence-corrected chi connectivity index (χ1v) is 12.2. The van der Waals surface area contributed by atoms with Crippen molar-refractivity contribution in [2.24, 2.45) is 0 Å². The van der Waals surface area contributed by atoms with E-state index in [1.807, 2.05) is 18.3 Å². The molecule has 3 aromatic heterocycles. The van der Waals surface area contributed by atoms with Gasteiger partial charge in [-0.15, -0.1) is 0 Å². The van der Waals surface area contributed by atoms with Crippen molar-refractivity contribution in [2.45, 2.75) is 44.3 Å². The number of fused-ring (bicyclic) bond motifs is 1. The van der Waals surface area contributed by atoms with Crippen molar-refractivity contribution >= 4 is 10.9 Å². The summed E-state index contributed by atoms with van der Waals surface area (Å²) in [5, 5.41) is 6.23. The summed E-state index contributed by atoms with van der Waals surface area (Å²) >= 11 is 0. The van der Waals surface area contributed by atoms with E-state index in [1.165, 1.54) is 42.1 Å². The Morgan fingerprint density at radius 2 is 1.73 bits per heavy atom. The molecule has 0 atom stereocenters. The first-order valence-electron chi connectivity index (χ1n) is 12.2. The lowest BCUT2D eigenvalue weighted by Gasteiger charge is -2.38. The van der Waals surface area contributed by atoms with Crippen LogP contribution in [-0.2, 0) is 11.3 Å². The Morgan fingerprint density at radius 3 is 2.55 bits per heavy atom. The second kappa shape index (κ2) is 9.12. The lowest BCUT2D eigenvalue weighted by Crippen LogP contribution is -2.45. The summed E-state index contributed by atoms with van der Waals surface area (Å²) in [5.74, 6) is 0. The number of ether oxygens (including phenoxy) is 1. The van der Waals surface area contributed by atoms with Crippen LogP contribution in [0.3, 0.4) is 0 Å². The fourth-order valence-electron chi connectivity index (χ4n) is 5.49.